The molecular weight excluding hydrogens is 189 g/mol. The fourth-order valence-electron chi connectivity index (χ4n) is 1.14. The zero-order valence-electron chi connectivity index (χ0n) is 7.24. The molecule has 72 valence electrons. The van der Waals surface area contributed by atoms with Crippen LogP contribution in [0.3, 0.4) is 0 Å². The van der Waals surface area contributed by atoms with Crippen molar-refractivity contribution in [1.29, 1.82) is 0 Å². The first-order valence-corrected chi connectivity index (χ1v) is 3.84. The quantitative estimate of drug-likeness (QED) is 0.630. The summed E-state index contributed by atoms with van der Waals surface area (Å²) in [4.78, 5) is 27.6. The zero-order chi connectivity index (χ0) is 10.3. The van der Waals surface area contributed by atoms with Crippen molar-refractivity contribution in [2.24, 2.45) is 7.05 Å². The van der Waals surface area contributed by atoms with Crippen LogP contribution in [-0.2, 0) is 7.05 Å². The summed E-state index contributed by atoms with van der Waals surface area (Å²) in [5, 5.41) is 0.379. The van der Waals surface area contributed by atoms with Gasteiger partial charge in [0.05, 0.1) is 0 Å². The van der Waals surface area contributed by atoms with Crippen molar-refractivity contribution in [2.75, 3.05) is 0 Å². The molecule has 0 radical (unpaired) electrons. The van der Waals surface area contributed by atoms with Crippen LogP contribution < -0.4 is 11.2 Å². The van der Waals surface area contributed by atoms with Gasteiger partial charge in [0.15, 0.2) is 5.82 Å². The van der Waals surface area contributed by atoms with Crippen LogP contribution in [0.2, 0.25) is 0 Å². The second-order valence-electron chi connectivity index (χ2n) is 2.88. The van der Waals surface area contributed by atoms with E-state index in [1.54, 1.807) is 0 Å². The minimum absolute atomic E-state index is 0.0968. The van der Waals surface area contributed by atoms with E-state index in [1.165, 1.54) is 17.8 Å². The van der Waals surface area contributed by atoms with Gasteiger partial charge in [-0.3, -0.25) is 4.79 Å². The zero-order valence-corrected chi connectivity index (χ0v) is 7.24. The molecular formula is C8H6FN3O2. The Kier molecular flexibility index (Phi) is 1.70. The number of aromatic amines is 1. The molecule has 0 unspecified atom stereocenters. The normalized spacial score (nSPS) is 10.7. The SMILES string of the molecule is Cn1cc2cc(F)c(=O)[nH]c2nc1=O. The number of fused-ring (bicyclic) bond motifs is 1. The molecule has 1 N–H and O–H groups in total. The highest BCUT2D eigenvalue weighted by atomic mass is 19.1. The lowest BCUT2D eigenvalue weighted by atomic mass is 10.3. The fraction of sp³-hybridized carbons (Fsp3) is 0.125. The molecule has 0 aromatic carbocycles. The summed E-state index contributed by atoms with van der Waals surface area (Å²) in [7, 11) is 1.50. The summed E-state index contributed by atoms with van der Waals surface area (Å²) in [6, 6.07) is 1.04. The van der Waals surface area contributed by atoms with E-state index in [0.29, 0.717) is 5.39 Å². The molecule has 0 saturated carbocycles. The second kappa shape index (κ2) is 2.76. The Hall–Kier alpha value is -1.98. The molecule has 14 heavy (non-hydrogen) atoms. The van der Waals surface area contributed by atoms with Gasteiger partial charge in [-0.05, 0) is 6.07 Å². The third-order valence-electron chi connectivity index (χ3n) is 1.85. The van der Waals surface area contributed by atoms with E-state index in [-0.39, 0.29) is 5.65 Å². The van der Waals surface area contributed by atoms with Crippen molar-refractivity contribution in [1.82, 2.24) is 14.5 Å². The number of pyridine rings is 1. The number of rotatable bonds is 0. The summed E-state index contributed by atoms with van der Waals surface area (Å²) in [5.41, 5.74) is -1.28. The predicted octanol–water partition coefficient (Wildman–Crippen LogP) is -0.239. The van der Waals surface area contributed by atoms with Gasteiger partial charge < -0.3 is 9.55 Å². The molecule has 0 fully saturated rings. The Morgan fingerprint density at radius 3 is 2.93 bits per heavy atom. The Morgan fingerprint density at radius 1 is 1.50 bits per heavy atom. The van der Waals surface area contributed by atoms with E-state index in [0.717, 1.165) is 6.07 Å². The largest absolute Gasteiger partial charge is 0.349 e. The number of hydrogen-bond donors (Lipinski definition) is 1. The lowest BCUT2D eigenvalue weighted by molar-refractivity contribution is 0.611. The first-order chi connectivity index (χ1) is 6.58. The molecule has 0 saturated heterocycles. The van der Waals surface area contributed by atoms with Crippen LogP contribution in [0.15, 0.2) is 21.9 Å². The lowest BCUT2D eigenvalue weighted by Crippen LogP contribution is -2.21. The lowest BCUT2D eigenvalue weighted by Gasteiger charge is -1.99. The van der Waals surface area contributed by atoms with Crippen LogP contribution in [0, 0.1) is 5.82 Å². The molecule has 0 aliphatic rings. The number of aromatic nitrogens is 3. The Morgan fingerprint density at radius 2 is 2.21 bits per heavy atom. The summed E-state index contributed by atoms with van der Waals surface area (Å²) in [6.45, 7) is 0. The first kappa shape index (κ1) is 8.61. The van der Waals surface area contributed by atoms with Gasteiger partial charge >= 0.3 is 5.69 Å². The van der Waals surface area contributed by atoms with Gasteiger partial charge in [0, 0.05) is 18.6 Å². The average Bonchev–Trinajstić information content (AvgIpc) is 2.11. The van der Waals surface area contributed by atoms with E-state index < -0.39 is 17.1 Å². The van der Waals surface area contributed by atoms with Crippen LogP contribution in [0.4, 0.5) is 4.39 Å². The maximum Gasteiger partial charge on any atom is 0.349 e. The summed E-state index contributed by atoms with van der Waals surface area (Å²) in [6.07, 6.45) is 1.41. The molecule has 0 aliphatic heterocycles. The molecule has 2 aromatic rings. The average molecular weight is 195 g/mol. The van der Waals surface area contributed by atoms with Crippen molar-refractivity contribution < 1.29 is 4.39 Å². The van der Waals surface area contributed by atoms with E-state index in [4.69, 9.17) is 0 Å². The molecule has 2 rings (SSSR count). The van der Waals surface area contributed by atoms with Gasteiger partial charge in [-0.1, -0.05) is 0 Å². The molecule has 0 aliphatic carbocycles. The summed E-state index contributed by atoms with van der Waals surface area (Å²) >= 11 is 0. The number of hydrogen-bond acceptors (Lipinski definition) is 3. The van der Waals surface area contributed by atoms with E-state index in [2.05, 4.69) is 9.97 Å². The number of halogens is 1. The van der Waals surface area contributed by atoms with Crippen molar-refractivity contribution >= 4 is 11.0 Å². The maximum absolute atomic E-state index is 12.8. The van der Waals surface area contributed by atoms with Gasteiger partial charge in [0.1, 0.15) is 5.65 Å². The Balaban J connectivity index is 2.97. The van der Waals surface area contributed by atoms with Crippen LogP contribution in [0.5, 0.6) is 0 Å². The minimum Gasteiger partial charge on any atom is -0.304 e. The Labute approximate surface area is 76.8 Å². The monoisotopic (exact) mass is 195 g/mol. The van der Waals surface area contributed by atoms with Gasteiger partial charge in [-0.25, -0.2) is 9.18 Å². The topological polar surface area (TPSA) is 67.8 Å². The Bertz CT molecular complexity index is 563. The number of nitrogens with one attached hydrogen (secondary N) is 1. The van der Waals surface area contributed by atoms with E-state index >= 15 is 0 Å². The van der Waals surface area contributed by atoms with Gasteiger partial charge in [-0.15, -0.1) is 0 Å². The molecule has 0 bridgehead atoms. The molecule has 6 heteroatoms. The smallest absolute Gasteiger partial charge is 0.304 e. The van der Waals surface area contributed by atoms with Gasteiger partial charge in [-0.2, -0.15) is 4.98 Å². The standard InChI is InChI=1S/C8H6FN3O2/c1-12-3-4-2-5(9)7(13)10-6(4)11-8(12)14/h2-3H,1H3,(H,10,11,13,14). The molecule has 0 spiro atoms. The molecule has 2 aromatic heterocycles. The minimum atomic E-state index is -0.891. The third kappa shape index (κ3) is 1.20. The van der Waals surface area contributed by atoms with Crippen LogP contribution >= 0.6 is 0 Å². The van der Waals surface area contributed by atoms with Crippen molar-refractivity contribution in [3.8, 4) is 0 Å². The fourth-order valence-corrected chi connectivity index (χ4v) is 1.14. The highest BCUT2D eigenvalue weighted by molar-refractivity contribution is 5.72. The van der Waals surface area contributed by atoms with Crippen LogP contribution in [-0.4, -0.2) is 14.5 Å². The number of H-pyrrole nitrogens is 1. The van der Waals surface area contributed by atoms with E-state index in [9.17, 15) is 14.0 Å². The number of aryl methyl sites for hydroxylation is 1. The van der Waals surface area contributed by atoms with Crippen LogP contribution in [0.25, 0.3) is 11.0 Å². The maximum atomic E-state index is 12.8. The third-order valence-corrected chi connectivity index (χ3v) is 1.85. The van der Waals surface area contributed by atoms with Crippen LogP contribution in [0.1, 0.15) is 0 Å². The van der Waals surface area contributed by atoms with Gasteiger partial charge in [0.25, 0.3) is 5.56 Å². The summed E-state index contributed by atoms with van der Waals surface area (Å²) in [5.74, 6) is -0.891. The molecule has 2 heterocycles. The predicted molar refractivity (Wildman–Crippen MR) is 47.6 cm³/mol. The van der Waals surface area contributed by atoms with E-state index in [1.807, 2.05) is 0 Å². The second-order valence-corrected chi connectivity index (χ2v) is 2.88. The van der Waals surface area contributed by atoms with Gasteiger partial charge in [0.2, 0.25) is 0 Å². The number of nitrogens with zero attached hydrogens (tertiary/aromatic N) is 2. The van der Waals surface area contributed by atoms with Crippen molar-refractivity contribution in [3.05, 3.63) is 38.9 Å². The molecule has 0 amide bonds. The van der Waals surface area contributed by atoms with Crippen molar-refractivity contribution in [3.63, 3.8) is 0 Å². The first-order valence-electron chi connectivity index (χ1n) is 3.84. The highest BCUT2D eigenvalue weighted by Gasteiger charge is 2.03. The van der Waals surface area contributed by atoms with Crippen molar-refractivity contribution in [2.45, 2.75) is 0 Å². The molecule has 0 atom stereocenters. The molecule has 5 nitrogen and oxygen atoms in total. The highest BCUT2D eigenvalue weighted by Crippen LogP contribution is 2.03. The summed E-state index contributed by atoms with van der Waals surface area (Å²) < 4.78 is 14.0.